The van der Waals surface area contributed by atoms with Crippen molar-refractivity contribution in [3.05, 3.63) is 112 Å². The van der Waals surface area contributed by atoms with E-state index in [4.69, 9.17) is 0 Å². The van der Waals surface area contributed by atoms with E-state index in [9.17, 15) is 15.3 Å². The molecule has 0 amide bonds. The Labute approximate surface area is 237 Å². The fraction of sp³-hybridized carbons (Fsp3) is 0.273. The molecular weight excluding hydrogens is 508 g/mol. The number of aromatic hydroxyl groups is 3. The molecule has 3 N–H and O–H groups in total. The van der Waals surface area contributed by atoms with Crippen LogP contribution < -0.4 is 0 Å². The smallest absolute Gasteiger partial charge is 0.128 e. The van der Waals surface area contributed by atoms with Crippen LogP contribution in [0.3, 0.4) is 0 Å². The van der Waals surface area contributed by atoms with Crippen LogP contribution in [0.4, 0.5) is 0 Å². The van der Waals surface area contributed by atoms with Crippen LogP contribution in [0.15, 0.2) is 88.7 Å². The summed E-state index contributed by atoms with van der Waals surface area (Å²) >= 11 is 8.94. The molecule has 0 saturated carbocycles. The van der Waals surface area contributed by atoms with Crippen molar-refractivity contribution in [2.24, 2.45) is 0 Å². The molecule has 0 aliphatic rings. The molecular formula is C33H36O3S2. The van der Waals surface area contributed by atoms with Crippen LogP contribution in [0.5, 0.6) is 17.2 Å². The molecule has 0 bridgehead atoms. The van der Waals surface area contributed by atoms with Gasteiger partial charge in [0.2, 0.25) is 0 Å². The number of hydrogen-bond donors (Lipinski definition) is 5. The lowest BCUT2D eigenvalue weighted by Crippen LogP contribution is -2.26. The van der Waals surface area contributed by atoms with Gasteiger partial charge in [-0.05, 0) is 69.8 Å². The summed E-state index contributed by atoms with van der Waals surface area (Å²) in [4.78, 5) is 1.09. The molecule has 3 nitrogen and oxygen atoms in total. The zero-order valence-corrected chi connectivity index (χ0v) is 24.5. The molecule has 0 saturated heterocycles. The summed E-state index contributed by atoms with van der Waals surface area (Å²) in [7, 11) is 0. The highest BCUT2D eigenvalue weighted by atomic mass is 32.1. The van der Waals surface area contributed by atoms with Crippen LogP contribution in [0.25, 0.3) is 0 Å². The molecule has 4 aromatic rings. The Morgan fingerprint density at radius 3 is 1.08 bits per heavy atom. The molecule has 0 spiro atoms. The molecule has 4 aromatic carbocycles. The van der Waals surface area contributed by atoms with Gasteiger partial charge in [0.1, 0.15) is 17.2 Å². The van der Waals surface area contributed by atoms with E-state index in [2.05, 4.69) is 85.0 Å². The third kappa shape index (κ3) is 5.14. The van der Waals surface area contributed by atoms with Gasteiger partial charge in [-0.15, -0.1) is 25.3 Å². The average Bonchev–Trinajstić information content (AvgIpc) is 2.87. The molecule has 0 aliphatic carbocycles. The molecule has 4 rings (SSSR count). The fourth-order valence-electron chi connectivity index (χ4n) is 4.91. The lowest BCUT2D eigenvalue weighted by Gasteiger charge is -2.35. The van der Waals surface area contributed by atoms with Crippen molar-refractivity contribution in [3.63, 3.8) is 0 Å². The number of hydrogen-bond acceptors (Lipinski definition) is 5. The van der Waals surface area contributed by atoms with E-state index >= 15 is 0 Å². The fourth-order valence-corrected chi connectivity index (χ4v) is 5.34. The van der Waals surface area contributed by atoms with E-state index in [0.29, 0.717) is 9.79 Å². The minimum absolute atomic E-state index is 0.159. The number of rotatable bonds is 6. The summed E-state index contributed by atoms with van der Waals surface area (Å²) in [5.41, 5.74) is 5.47. The van der Waals surface area contributed by atoms with Crippen molar-refractivity contribution in [1.82, 2.24) is 0 Å². The van der Waals surface area contributed by atoms with Gasteiger partial charge in [0.25, 0.3) is 0 Å². The third-order valence-electron chi connectivity index (χ3n) is 8.08. The first-order chi connectivity index (χ1) is 17.6. The minimum atomic E-state index is -0.388. The van der Waals surface area contributed by atoms with Gasteiger partial charge in [-0.3, -0.25) is 0 Å². The number of phenolic OH excluding ortho intramolecular Hbond substituents is 3. The van der Waals surface area contributed by atoms with E-state index in [1.807, 2.05) is 36.4 Å². The normalized spacial score (nSPS) is 12.5. The van der Waals surface area contributed by atoms with Crippen molar-refractivity contribution in [3.8, 4) is 17.2 Å². The van der Waals surface area contributed by atoms with Gasteiger partial charge < -0.3 is 15.3 Å². The lowest BCUT2D eigenvalue weighted by atomic mass is 9.69. The summed E-state index contributed by atoms with van der Waals surface area (Å²) < 4.78 is 0. The van der Waals surface area contributed by atoms with E-state index in [1.54, 1.807) is 24.3 Å². The first-order valence-electron chi connectivity index (χ1n) is 12.6. The predicted octanol–water partition coefficient (Wildman–Crippen LogP) is 8.36. The van der Waals surface area contributed by atoms with Crippen molar-refractivity contribution < 1.29 is 15.3 Å². The van der Waals surface area contributed by atoms with Gasteiger partial charge in [-0.2, -0.15) is 0 Å². The second-order valence-electron chi connectivity index (χ2n) is 11.6. The highest BCUT2D eigenvalue weighted by Crippen LogP contribution is 2.43. The van der Waals surface area contributed by atoms with Crippen LogP contribution in [0.2, 0.25) is 0 Å². The Balaban J connectivity index is 1.96. The summed E-state index contributed by atoms with van der Waals surface area (Å²) in [6, 6.07) is 25.3. The first kappa shape index (κ1) is 28.0. The summed E-state index contributed by atoms with van der Waals surface area (Å²) in [6.07, 6.45) is 0. The van der Waals surface area contributed by atoms with Crippen molar-refractivity contribution in [2.45, 2.75) is 67.6 Å². The monoisotopic (exact) mass is 544 g/mol. The second-order valence-corrected chi connectivity index (χ2v) is 12.6. The Morgan fingerprint density at radius 2 is 0.737 bits per heavy atom. The maximum Gasteiger partial charge on any atom is 0.128 e. The van der Waals surface area contributed by atoms with Crippen molar-refractivity contribution in [1.29, 1.82) is 0 Å². The maximum absolute atomic E-state index is 10.1. The molecule has 0 aliphatic heterocycles. The van der Waals surface area contributed by atoms with Gasteiger partial charge in [-0.25, -0.2) is 0 Å². The minimum Gasteiger partial charge on any atom is -0.508 e. The topological polar surface area (TPSA) is 60.7 Å². The van der Waals surface area contributed by atoms with Crippen LogP contribution in [-0.2, 0) is 16.2 Å². The molecule has 5 heteroatoms. The van der Waals surface area contributed by atoms with Gasteiger partial charge in [-0.1, -0.05) is 84.0 Å². The molecule has 0 atom stereocenters. The molecule has 38 heavy (non-hydrogen) atoms. The average molecular weight is 545 g/mol. The number of thiol groups is 2. The highest BCUT2D eigenvalue weighted by molar-refractivity contribution is 7.80. The van der Waals surface area contributed by atoms with Gasteiger partial charge in [0.05, 0.1) is 0 Å². The van der Waals surface area contributed by atoms with E-state index in [0.717, 1.165) is 33.4 Å². The maximum atomic E-state index is 10.1. The second kappa shape index (κ2) is 9.94. The zero-order valence-electron chi connectivity index (χ0n) is 22.7. The molecule has 0 fully saturated rings. The van der Waals surface area contributed by atoms with Gasteiger partial charge in [0, 0.05) is 26.0 Å². The molecule has 0 heterocycles. The van der Waals surface area contributed by atoms with Crippen LogP contribution in [0.1, 0.15) is 74.9 Å². The van der Waals surface area contributed by atoms with E-state index < -0.39 is 0 Å². The highest BCUT2D eigenvalue weighted by Gasteiger charge is 2.33. The molecule has 0 unspecified atom stereocenters. The third-order valence-corrected chi connectivity index (χ3v) is 8.80. The summed E-state index contributed by atoms with van der Waals surface area (Å²) in [5.74, 6) is 0.560. The van der Waals surface area contributed by atoms with Crippen LogP contribution >= 0.6 is 25.3 Å². The van der Waals surface area contributed by atoms with Crippen molar-refractivity contribution >= 4 is 25.3 Å². The number of benzene rings is 4. The van der Waals surface area contributed by atoms with Gasteiger partial charge in [0.15, 0.2) is 0 Å². The zero-order chi connectivity index (χ0) is 28.0. The van der Waals surface area contributed by atoms with Crippen LogP contribution in [-0.4, -0.2) is 15.3 Å². The Hall–Kier alpha value is -3.02. The first-order valence-corrected chi connectivity index (χ1v) is 13.5. The largest absolute Gasteiger partial charge is 0.508 e. The molecule has 198 valence electrons. The summed E-state index contributed by atoms with van der Waals surface area (Å²) in [6.45, 7) is 13.1. The Kier molecular flexibility index (Phi) is 7.32. The van der Waals surface area contributed by atoms with E-state index in [1.165, 1.54) is 0 Å². The predicted molar refractivity (Wildman–Crippen MR) is 162 cm³/mol. The summed E-state index contributed by atoms with van der Waals surface area (Å²) in [5, 5.41) is 30.0. The SMILES string of the molecule is CC(C)(c1ccc(O)cc1)c1cc(C(C)(C)c2ccc(O)c(S)c2)cc(C(C)(C)c2ccc(O)c(S)c2)c1. The Bertz CT molecular complexity index is 1400. The van der Waals surface area contributed by atoms with Crippen molar-refractivity contribution in [2.75, 3.05) is 0 Å². The number of phenols is 3. The van der Waals surface area contributed by atoms with Gasteiger partial charge >= 0.3 is 0 Å². The molecule has 0 aromatic heterocycles. The Morgan fingerprint density at radius 1 is 0.421 bits per heavy atom. The quantitative estimate of drug-likeness (QED) is 0.159. The lowest BCUT2D eigenvalue weighted by molar-refractivity contribution is 0.461. The standard InChI is InChI=1S/C33H36O3S2/c1-31(2,20-7-11-26(34)12-8-20)23-15-24(32(3,4)21-9-13-27(35)29(37)18-21)17-25(16-23)33(5,6)22-10-14-28(36)30(38)19-22/h7-19,34-38H,1-6H3. The van der Waals surface area contributed by atoms with E-state index in [-0.39, 0.29) is 33.5 Å². The molecule has 0 radical (unpaired) electrons. The van der Waals surface area contributed by atoms with Crippen LogP contribution in [0, 0.1) is 0 Å².